The molecule has 0 saturated heterocycles. The Hall–Kier alpha value is -3.57. The van der Waals surface area contributed by atoms with Crippen LogP contribution in [0.4, 0.5) is 5.69 Å². The number of halogens is 2. The molecule has 1 saturated carbocycles. The molecule has 1 aliphatic carbocycles. The molecule has 1 aromatic heterocycles. The molecular weight excluding hydrogens is 656 g/mol. The number of benzene rings is 3. The lowest BCUT2D eigenvalue weighted by molar-refractivity contribution is -0.386. The molecule has 0 unspecified atom stereocenters. The number of rotatable bonds is 9. The smallest absolute Gasteiger partial charge is 0.315 e. The molecule has 0 bridgehead atoms. The molecular formula is C30H28Br2N4O5. The third-order valence-corrected chi connectivity index (χ3v) is 8.24. The van der Waals surface area contributed by atoms with E-state index in [4.69, 9.17) is 14.5 Å². The average molecular weight is 684 g/mol. The van der Waals surface area contributed by atoms with Gasteiger partial charge in [-0.15, -0.1) is 0 Å². The number of nitrogens with zero attached hydrogens (tertiary/aromatic N) is 4. The van der Waals surface area contributed by atoms with Gasteiger partial charge in [0, 0.05) is 32.1 Å². The van der Waals surface area contributed by atoms with Gasteiger partial charge in [0.25, 0.3) is 5.56 Å². The Bertz CT molecular complexity index is 1680. The molecule has 0 spiro atoms. The Kier molecular flexibility index (Phi) is 9.14. The van der Waals surface area contributed by atoms with Crippen LogP contribution in [0, 0.1) is 10.1 Å². The average Bonchev–Trinajstić information content (AvgIpc) is 2.97. The Balaban J connectivity index is 1.55. The van der Waals surface area contributed by atoms with Gasteiger partial charge in [0.1, 0.15) is 12.4 Å². The van der Waals surface area contributed by atoms with Crippen LogP contribution in [0.1, 0.15) is 61.9 Å². The van der Waals surface area contributed by atoms with Crippen LogP contribution in [0.15, 0.2) is 73.4 Å². The van der Waals surface area contributed by atoms with Crippen LogP contribution in [-0.4, -0.2) is 27.4 Å². The summed E-state index contributed by atoms with van der Waals surface area (Å²) in [4.78, 5) is 30.0. The zero-order chi connectivity index (χ0) is 28.9. The Morgan fingerprint density at radius 1 is 1.10 bits per heavy atom. The number of para-hydroxylation sites is 1. The van der Waals surface area contributed by atoms with Crippen molar-refractivity contribution >= 4 is 54.7 Å². The maximum Gasteiger partial charge on any atom is 0.315 e. The van der Waals surface area contributed by atoms with Gasteiger partial charge in [-0.25, -0.2) is 4.98 Å². The largest absolute Gasteiger partial charge is 0.490 e. The normalized spacial score (nSPS) is 14.0. The van der Waals surface area contributed by atoms with E-state index in [1.807, 2.05) is 30.3 Å². The van der Waals surface area contributed by atoms with Crippen LogP contribution in [0.25, 0.3) is 10.9 Å². The first kappa shape index (κ1) is 28.9. The van der Waals surface area contributed by atoms with Gasteiger partial charge in [0.2, 0.25) is 5.75 Å². The molecule has 1 heterocycles. The molecule has 5 rings (SSSR count). The minimum Gasteiger partial charge on any atom is -0.490 e. The molecule has 1 fully saturated rings. The van der Waals surface area contributed by atoms with Crippen molar-refractivity contribution in [2.24, 2.45) is 5.10 Å². The van der Waals surface area contributed by atoms with E-state index in [-0.39, 0.29) is 41.9 Å². The van der Waals surface area contributed by atoms with Crippen molar-refractivity contribution in [2.75, 3.05) is 6.61 Å². The summed E-state index contributed by atoms with van der Waals surface area (Å²) in [5.74, 6) is 0.966. The van der Waals surface area contributed by atoms with Crippen molar-refractivity contribution in [3.05, 3.63) is 101 Å². The van der Waals surface area contributed by atoms with Gasteiger partial charge < -0.3 is 9.47 Å². The summed E-state index contributed by atoms with van der Waals surface area (Å²) in [7, 11) is 0. The highest BCUT2D eigenvalue weighted by molar-refractivity contribution is 9.11. The van der Waals surface area contributed by atoms with E-state index in [1.54, 1.807) is 25.1 Å². The van der Waals surface area contributed by atoms with Crippen LogP contribution >= 0.6 is 31.9 Å². The quantitative estimate of drug-likeness (QED) is 0.101. The van der Waals surface area contributed by atoms with E-state index in [0.29, 0.717) is 22.3 Å². The molecule has 41 heavy (non-hydrogen) atoms. The Morgan fingerprint density at radius 3 is 2.61 bits per heavy atom. The second-order valence-electron chi connectivity index (χ2n) is 9.77. The summed E-state index contributed by atoms with van der Waals surface area (Å²) < 4.78 is 14.8. The third-order valence-electron chi connectivity index (χ3n) is 7.01. The van der Waals surface area contributed by atoms with Gasteiger partial charge in [-0.05, 0) is 50.1 Å². The maximum atomic E-state index is 13.5. The minimum absolute atomic E-state index is 0.0243. The Labute approximate surface area is 253 Å². The SMILES string of the molecule is CCOc1cc(C=Nn2c(C3CCCCC3)nc3ccccc3c2=O)cc([N+](=O)[O-])c1OCc1ccc(Br)cc1Br. The van der Waals surface area contributed by atoms with Crippen LogP contribution in [0.5, 0.6) is 11.5 Å². The topological polar surface area (TPSA) is 109 Å². The predicted molar refractivity (Wildman–Crippen MR) is 165 cm³/mol. The van der Waals surface area contributed by atoms with Gasteiger partial charge in [-0.1, -0.05) is 69.3 Å². The molecule has 9 nitrogen and oxygen atoms in total. The van der Waals surface area contributed by atoms with Crippen molar-refractivity contribution in [1.82, 2.24) is 9.66 Å². The second-order valence-corrected chi connectivity index (χ2v) is 11.5. The predicted octanol–water partition coefficient (Wildman–Crippen LogP) is 7.74. The number of nitro benzene ring substituents is 1. The first-order chi connectivity index (χ1) is 19.9. The molecule has 0 atom stereocenters. The summed E-state index contributed by atoms with van der Waals surface area (Å²) in [6, 6.07) is 15.8. The summed E-state index contributed by atoms with van der Waals surface area (Å²) in [5.41, 5.74) is 1.31. The van der Waals surface area contributed by atoms with Crippen molar-refractivity contribution in [2.45, 2.75) is 51.6 Å². The van der Waals surface area contributed by atoms with Crippen molar-refractivity contribution in [3.63, 3.8) is 0 Å². The minimum atomic E-state index is -0.511. The summed E-state index contributed by atoms with van der Waals surface area (Å²) in [5, 5.41) is 17.1. The molecule has 0 N–H and O–H groups in total. The molecule has 3 aromatic carbocycles. The number of fused-ring (bicyclic) bond motifs is 1. The fourth-order valence-corrected chi connectivity index (χ4v) is 6.18. The number of hydrogen-bond donors (Lipinski definition) is 0. The van der Waals surface area contributed by atoms with E-state index in [2.05, 4.69) is 37.0 Å². The lowest BCUT2D eigenvalue weighted by atomic mass is 9.88. The van der Waals surface area contributed by atoms with Crippen molar-refractivity contribution < 1.29 is 14.4 Å². The molecule has 0 amide bonds. The number of aromatic nitrogens is 2. The van der Waals surface area contributed by atoms with Gasteiger partial charge >= 0.3 is 5.69 Å². The van der Waals surface area contributed by atoms with E-state index < -0.39 is 4.92 Å². The lowest BCUT2D eigenvalue weighted by Gasteiger charge is -2.22. The van der Waals surface area contributed by atoms with Crippen LogP contribution in [0.3, 0.4) is 0 Å². The highest BCUT2D eigenvalue weighted by Gasteiger charge is 2.24. The maximum absolute atomic E-state index is 13.5. The zero-order valence-electron chi connectivity index (χ0n) is 22.4. The summed E-state index contributed by atoms with van der Waals surface area (Å²) in [6.45, 7) is 2.15. The van der Waals surface area contributed by atoms with Gasteiger partial charge in [0.15, 0.2) is 5.75 Å². The number of ether oxygens (including phenoxy) is 2. The molecule has 212 valence electrons. The summed E-state index contributed by atoms with van der Waals surface area (Å²) in [6.07, 6.45) is 6.60. The monoisotopic (exact) mass is 682 g/mol. The van der Waals surface area contributed by atoms with Crippen molar-refractivity contribution in [3.8, 4) is 11.5 Å². The Morgan fingerprint density at radius 2 is 1.88 bits per heavy atom. The standard InChI is InChI=1S/C30H28Br2N4O5/c1-2-40-27-15-19(14-26(36(38)39)28(27)41-18-21-12-13-22(31)16-24(21)32)17-33-35-29(20-8-4-3-5-9-20)34-25-11-7-6-10-23(25)30(35)37/h6-7,10-17,20H,2-5,8-9,18H2,1H3. The van der Waals surface area contributed by atoms with Crippen LogP contribution < -0.4 is 15.0 Å². The molecule has 11 heteroatoms. The second kappa shape index (κ2) is 12.9. The first-order valence-corrected chi connectivity index (χ1v) is 15.0. The fourth-order valence-electron chi connectivity index (χ4n) is 5.02. The van der Waals surface area contributed by atoms with Gasteiger partial charge in [-0.3, -0.25) is 14.9 Å². The molecule has 0 radical (unpaired) electrons. The first-order valence-electron chi connectivity index (χ1n) is 13.4. The lowest BCUT2D eigenvalue weighted by Crippen LogP contribution is -2.25. The van der Waals surface area contributed by atoms with Gasteiger partial charge in [0.05, 0.1) is 28.6 Å². The van der Waals surface area contributed by atoms with Crippen LogP contribution in [-0.2, 0) is 6.61 Å². The molecule has 4 aromatic rings. The molecule has 1 aliphatic rings. The highest BCUT2D eigenvalue weighted by atomic mass is 79.9. The van der Waals surface area contributed by atoms with E-state index in [9.17, 15) is 14.9 Å². The highest BCUT2D eigenvalue weighted by Crippen LogP contribution is 2.39. The van der Waals surface area contributed by atoms with E-state index >= 15 is 0 Å². The van der Waals surface area contributed by atoms with Crippen molar-refractivity contribution in [1.29, 1.82) is 0 Å². The molecule has 0 aliphatic heterocycles. The van der Waals surface area contributed by atoms with E-state index in [1.165, 1.54) is 17.0 Å². The zero-order valence-corrected chi connectivity index (χ0v) is 25.6. The van der Waals surface area contributed by atoms with E-state index in [0.717, 1.165) is 46.6 Å². The number of hydrogen-bond acceptors (Lipinski definition) is 7. The van der Waals surface area contributed by atoms with Gasteiger partial charge in [-0.2, -0.15) is 9.78 Å². The van der Waals surface area contributed by atoms with Crippen LogP contribution in [0.2, 0.25) is 0 Å². The fraction of sp³-hybridized carbons (Fsp3) is 0.300. The number of nitro groups is 1. The summed E-state index contributed by atoms with van der Waals surface area (Å²) >= 11 is 6.92. The third kappa shape index (κ3) is 6.51.